The van der Waals surface area contributed by atoms with Gasteiger partial charge in [0.2, 0.25) is 0 Å². The van der Waals surface area contributed by atoms with Crippen molar-refractivity contribution in [2.24, 2.45) is 29.1 Å². The normalized spacial score (nSPS) is 22.7. The molecular weight excluding hydrogens is 436 g/mol. The van der Waals surface area contributed by atoms with E-state index in [-0.39, 0.29) is 58.6 Å². The molecule has 4 nitrogen and oxygen atoms in total. The van der Waals surface area contributed by atoms with E-state index >= 15 is 0 Å². The van der Waals surface area contributed by atoms with Crippen molar-refractivity contribution in [3.05, 3.63) is 23.8 Å². The number of carbonyl (C=O) groups is 4. The lowest BCUT2D eigenvalue weighted by Crippen LogP contribution is -2.27. The monoisotopic (exact) mass is 486 g/mol. The van der Waals surface area contributed by atoms with Crippen molar-refractivity contribution < 1.29 is 19.2 Å². The minimum absolute atomic E-state index is 0.00974. The summed E-state index contributed by atoms with van der Waals surface area (Å²) in [6.45, 7) is 14.1. The molecule has 0 aromatic rings. The highest BCUT2D eigenvalue weighted by molar-refractivity contribution is 5.99. The minimum atomic E-state index is -0.110. The van der Waals surface area contributed by atoms with Crippen LogP contribution in [0.2, 0.25) is 0 Å². The molecule has 35 heavy (non-hydrogen) atoms. The van der Waals surface area contributed by atoms with Gasteiger partial charge in [0.15, 0.2) is 5.78 Å². The average Bonchev–Trinajstić information content (AvgIpc) is 2.73. The second kappa shape index (κ2) is 15.3. The number of Topliss-reactive ketones (excluding diaryl/α,β-unsaturated/α-hetero) is 3. The second-order valence-corrected chi connectivity index (χ2v) is 12.0. The van der Waals surface area contributed by atoms with Crippen molar-refractivity contribution in [3.8, 4) is 0 Å². The van der Waals surface area contributed by atoms with E-state index in [1.807, 2.05) is 13.8 Å². The van der Waals surface area contributed by atoms with Crippen LogP contribution in [0.5, 0.6) is 0 Å². The van der Waals surface area contributed by atoms with Gasteiger partial charge in [-0.15, -0.1) is 0 Å². The fourth-order valence-corrected chi connectivity index (χ4v) is 5.33. The first kappa shape index (κ1) is 31.2. The number of allylic oxidation sites excluding steroid dienone is 4. The van der Waals surface area contributed by atoms with Gasteiger partial charge in [-0.3, -0.25) is 19.2 Å². The summed E-state index contributed by atoms with van der Waals surface area (Å²) in [4.78, 5) is 49.9. The van der Waals surface area contributed by atoms with Crippen molar-refractivity contribution >= 4 is 23.1 Å². The van der Waals surface area contributed by atoms with Crippen molar-refractivity contribution in [1.29, 1.82) is 0 Å². The molecule has 4 unspecified atom stereocenters. The van der Waals surface area contributed by atoms with E-state index in [4.69, 9.17) is 0 Å². The largest absolute Gasteiger partial charge is 0.300 e. The first-order valence-electron chi connectivity index (χ1n) is 13.8. The third-order valence-corrected chi connectivity index (χ3v) is 7.32. The van der Waals surface area contributed by atoms with Gasteiger partial charge in [-0.2, -0.15) is 0 Å². The highest BCUT2D eigenvalue weighted by Crippen LogP contribution is 2.34. The van der Waals surface area contributed by atoms with Gasteiger partial charge in [0.25, 0.3) is 0 Å². The van der Waals surface area contributed by atoms with Gasteiger partial charge in [0, 0.05) is 31.1 Å². The lowest BCUT2D eigenvalue weighted by Gasteiger charge is -2.29. The van der Waals surface area contributed by atoms with E-state index in [1.54, 1.807) is 6.08 Å². The van der Waals surface area contributed by atoms with E-state index in [1.165, 1.54) is 6.92 Å². The molecule has 0 saturated heterocycles. The first-order valence-corrected chi connectivity index (χ1v) is 13.8. The van der Waals surface area contributed by atoms with Crippen LogP contribution in [0.25, 0.3) is 0 Å². The predicted octanol–water partition coefficient (Wildman–Crippen LogP) is 7.64. The van der Waals surface area contributed by atoms with Crippen LogP contribution in [0.15, 0.2) is 23.8 Å². The number of hydrogen-bond donors (Lipinski definition) is 0. The van der Waals surface area contributed by atoms with Gasteiger partial charge in [-0.05, 0) is 69.3 Å². The molecule has 4 atom stereocenters. The summed E-state index contributed by atoms with van der Waals surface area (Å²) >= 11 is 0. The third kappa shape index (κ3) is 12.6. The standard InChI is InChI=1S/C31H50O4/c1-8-12-26(29(9-2)30(35)18-23(4)32)19-24-13-10-11-14-25(22(3)17-28(34)20-24)21-27(33)15-16-31(5,6)7/h11,14,17,24-26,29H,8-10,12-13,15-16,18-21H2,1-7H3/b14-11?,22-17+. The molecule has 0 radical (unpaired) electrons. The first-order chi connectivity index (χ1) is 16.4. The lowest BCUT2D eigenvalue weighted by atomic mass is 9.75. The molecular formula is C31H50O4. The summed E-state index contributed by atoms with van der Waals surface area (Å²) in [7, 11) is 0. The maximum atomic E-state index is 13.0. The Kier molecular flexibility index (Phi) is 13.6. The molecule has 0 spiro atoms. The molecule has 1 rings (SSSR count). The summed E-state index contributed by atoms with van der Waals surface area (Å²) in [6, 6.07) is 0. The Bertz CT molecular complexity index is 780. The summed E-state index contributed by atoms with van der Waals surface area (Å²) in [5.74, 6) is 0.664. The molecule has 1 aliphatic rings. The topological polar surface area (TPSA) is 68.3 Å². The zero-order valence-corrected chi connectivity index (χ0v) is 23.5. The number of carbonyl (C=O) groups excluding carboxylic acids is 4. The molecule has 0 saturated carbocycles. The Labute approximate surface area is 214 Å². The Balaban J connectivity index is 2.91. The van der Waals surface area contributed by atoms with Crippen LogP contribution in [0, 0.1) is 29.1 Å². The Morgan fingerprint density at radius 1 is 1.14 bits per heavy atom. The zero-order valence-electron chi connectivity index (χ0n) is 23.5. The molecule has 0 aromatic carbocycles. The van der Waals surface area contributed by atoms with Crippen LogP contribution >= 0.6 is 0 Å². The summed E-state index contributed by atoms with van der Waals surface area (Å²) in [5.41, 5.74) is 1.10. The fraction of sp³-hybridized carbons (Fsp3) is 0.742. The van der Waals surface area contributed by atoms with E-state index in [9.17, 15) is 19.2 Å². The average molecular weight is 487 g/mol. The zero-order chi connectivity index (χ0) is 26.6. The van der Waals surface area contributed by atoms with Gasteiger partial charge in [-0.25, -0.2) is 0 Å². The van der Waals surface area contributed by atoms with Crippen LogP contribution in [-0.4, -0.2) is 23.1 Å². The summed E-state index contributed by atoms with van der Waals surface area (Å²) < 4.78 is 0. The maximum Gasteiger partial charge on any atom is 0.155 e. The molecule has 0 amide bonds. The SMILES string of the molecule is CCCC(CC1CCC=CC(CC(=O)CCC(C)(C)C)/C(C)=C/C(=O)C1)C(CC)C(=O)CC(C)=O. The maximum absolute atomic E-state index is 13.0. The molecule has 1 aliphatic carbocycles. The van der Waals surface area contributed by atoms with Crippen LogP contribution in [0.1, 0.15) is 119 Å². The smallest absolute Gasteiger partial charge is 0.155 e. The van der Waals surface area contributed by atoms with Gasteiger partial charge >= 0.3 is 0 Å². The molecule has 0 aromatic heterocycles. The molecule has 0 heterocycles. The highest BCUT2D eigenvalue weighted by Gasteiger charge is 2.29. The fourth-order valence-electron chi connectivity index (χ4n) is 5.33. The van der Waals surface area contributed by atoms with E-state index in [0.717, 1.165) is 50.5 Å². The van der Waals surface area contributed by atoms with E-state index in [0.29, 0.717) is 19.3 Å². The Morgan fingerprint density at radius 3 is 2.40 bits per heavy atom. The number of hydrogen-bond acceptors (Lipinski definition) is 4. The highest BCUT2D eigenvalue weighted by atomic mass is 16.1. The molecule has 4 heteroatoms. The van der Waals surface area contributed by atoms with Crippen LogP contribution < -0.4 is 0 Å². The molecule has 198 valence electrons. The van der Waals surface area contributed by atoms with Crippen molar-refractivity contribution in [2.45, 2.75) is 119 Å². The molecule has 0 fully saturated rings. The Morgan fingerprint density at radius 2 is 1.83 bits per heavy atom. The minimum Gasteiger partial charge on any atom is -0.300 e. The Hall–Kier alpha value is -1.84. The van der Waals surface area contributed by atoms with E-state index in [2.05, 4.69) is 39.8 Å². The van der Waals surface area contributed by atoms with Gasteiger partial charge < -0.3 is 0 Å². The summed E-state index contributed by atoms with van der Waals surface area (Å²) in [5, 5.41) is 0. The lowest BCUT2D eigenvalue weighted by molar-refractivity contribution is -0.130. The number of rotatable bonds is 13. The van der Waals surface area contributed by atoms with Crippen molar-refractivity contribution in [1.82, 2.24) is 0 Å². The van der Waals surface area contributed by atoms with E-state index < -0.39 is 0 Å². The van der Waals surface area contributed by atoms with Gasteiger partial charge in [0.1, 0.15) is 17.3 Å². The molecule has 0 bridgehead atoms. The van der Waals surface area contributed by atoms with Gasteiger partial charge in [-0.1, -0.05) is 65.2 Å². The quantitative estimate of drug-likeness (QED) is 0.198. The predicted molar refractivity (Wildman–Crippen MR) is 144 cm³/mol. The molecule has 0 N–H and O–H groups in total. The third-order valence-electron chi connectivity index (χ3n) is 7.32. The molecule has 0 aliphatic heterocycles. The number of ketones is 4. The summed E-state index contributed by atoms with van der Waals surface area (Å²) in [6.07, 6.45) is 13.7. The van der Waals surface area contributed by atoms with Crippen molar-refractivity contribution in [2.75, 3.05) is 0 Å². The second-order valence-electron chi connectivity index (χ2n) is 12.0. The van der Waals surface area contributed by atoms with Crippen LogP contribution in [0.3, 0.4) is 0 Å². The van der Waals surface area contributed by atoms with Gasteiger partial charge in [0.05, 0.1) is 6.42 Å². The van der Waals surface area contributed by atoms with Crippen LogP contribution in [-0.2, 0) is 19.2 Å². The van der Waals surface area contributed by atoms with Crippen molar-refractivity contribution in [3.63, 3.8) is 0 Å². The van der Waals surface area contributed by atoms with Crippen LogP contribution in [0.4, 0.5) is 0 Å².